The van der Waals surface area contributed by atoms with Gasteiger partial charge in [-0.3, -0.25) is 14.3 Å². The maximum absolute atomic E-state index is 13.1. The molecule has 1 saturated heterocycles. The lowest BCUT2D eigenvalue weighted by atomic mass is 9.96. The summed E-state index contributed by atoms with van der Waals surface area (Å²) in [5, 5.41) is 6.98. The summed E-state index contributed by atoms with van der Waals surface area (Å²) in [6, 6.07) is 5.18. The Hall–Kier alpha value is -3.07. The average molecular weight is 416 g/mol. The molecule has 0 unspecified atom stereocenters. The van der Waals surface area contributed by atoms with Crippen LogP contribution in [0.25, 0.3) is 0 Å². The average Bonchev–Trinajstić information content (AvgIpc) is 3.26. The molecule has 0 radical (unpaired) electrons. The van der Waals surface area contributed by atoms with Gasteiger partial charge in [0.1, 0.15) is 6.61 Å². The molecule has 1 aliphatic heterocycles. The molecule has 0 atom stereocenters. The van der Waals surface area contributed by atoms with E-state index in [1.807, 2.05) is 21.8 Å². The molecule has 3 rings (SSSR count). The molecule has 2 amide bonds. The molecule has 30 heavy (non-hydrogen) atoms. The number of nitrogens with one attached hydrogen (secondary N) is 1. The highest BCUT2D eigenvalue weighted by Gasteiger charge is 2.26. The first-order valence-corrected chi connectivity index (χ1v) is 9.87. The first kappa shape index (κ1) is 21.6. The predicted molar refractivity (Wildman–Crippen MR) is 111 cm³/mol. The molecule has 1 N–H and O–H groups in total. The summed E-state index contributed by atoms with van der Waals surface area (Å²) in [7, 11) is 4.41. The number of hydrogen-bond acceptors (Lipinski definition) is 6. The SMILES string of the molecule is COCC(=O)Nc1cc(C(=O)N2CCC(Cn3cccn3)CC2)cc(OC)c1OC. The quantitative estimate of drug-likeness (QED) is 0.708. The zero-order chi connectivity index (χ0) is 21.5. The van der Waals surface area contributed by atoms with E-state index in [1.54, 1.807) is 18.3 Å². The Morgan fingerprint density at radius 1 is 1.17 bits per heavy atom. The molecule has 0 saturated carbocycles. The van der Waals surface area contributed by atoms with Crippen LogP contribution in [0.4, 0.5) is 5.69 Å². The zero-order valence-corrected chi connectivity index (χ0v) is 17.6. The molecule has 0 bridgehead atoms. The van der Waals surface area contributed by atoms with Gasteiger partial charge in [0.2, 0.25) is 5.91 Å². The Morgan fingerprint density at radius 2 is 1.93 bits per heavy atom. The van der Waals surface area contributed by atoms with Crippen molar-refractivity contribution in [3.63, 3.8) is 0 Å². The zero-order valence-electron chi connectivity index (χ0n) is 17.6. The highest BCUT2D eigenvalue weighted by molar-refractivity contribution is 5.99. The van der Waals surface area contributed by atoms with Gasteiger partial charge in [-0.05, 0) is 37.0 Å². The minimum absolute atomic E-state index is 0.101. The lowest BCUT2D eigenvalue weighted by molar-refractivity contribution is -0.119. The fourth-order valence-electron chi connectivity index (χ4n) is 3.67. The molecule has 1 aliphatic rings. The van der Waals surface area contributed by atoms with E-state index in [0.717, 1.165) is 19.4 Å². The molecule has 2 heterocycles. The van der Waals surface area contributed by atoms with Gasteiger partial charge < -0.3 is 24.4 Å². The number of hydrogen-bond donors (Lipinski definition) is 1. The Morgan fingerprint density at radius 3 is 2.53 bits per heavy atom. The minimum Gasteiger partial charge on any atom is -0.493 e. The highest BCUT2D eigenvalue weighted by atomic mass is 16.5. The molecular weight excluding hydrogens is 388 g/mol. The number of aromatic nitrogens is 2. The van der Waals surface area contributed by atoms with Crippen molar-refractivity contribution in [1.82, 2.24) is 14.7 Å². The van der Waals surface area contributed by atoms with Crippen LogP contribution in [-0.4, -0.2) is 67.5 Å². The first-order valence-electron chi connectivity index (χ1n) is 9.87. The fourth-order valence-corrected chi connectivity index (χ4v) is 3.67. The monoisotopic (exact) mass is 416 g/mol. The van der Waals surface area contributed by atoms with Crippen LogP contribution in [0.5, 0.6) is 11.5 Å². The molecular formula is C21H28N4O5. The van der Waals surface area contributed by atoms with Crippen molar-refractivity contribution >= 4 is 17.5 Å². The molecule has 9 heteroatoms. The van der Waals surface area contributed by atoms with E-state index in [0.29, 0.717) is 41.8 Å². The number of anilines is 1. The topological polar surface area (TPSA) is 94.9 Å². The molecule has 1 aromatic carbocycles. The Labute approximate surface area is 175 Å². The summed E-state index contributed by atoms with van der Waals surface area (Å²) in [6.45, 7) is 2.10. The molecule has 1 fully saturated rings. The summed E-state index contributed by atoms with van der Waals surface area (Å²) >= 11 is 0. The van der Waals surface area contributed by atoms with Crippen LogP contribution in [-0.2, 0) is 16.1 Å². The summed E-state index contributed by atoms with van der Waals surface area (Å²) in [6.07, 6.45) is 5.56. The maximum Gasteiger partial charge on any atom is 0.254 e. The number of nitrogens with zero attached hydrogens (tertiary/aromatic N) is 3. The van der Waals surface area contributed by atoms with Gasteiger partial charge in [0, 0.05) is 44.7 Å². The lowest BCUT2D eigenvalue weighted by Crippen LogP contribution is -2.39. The van der Waals surface area contributed by atoms with E-state index >= 15 is 0 Å². The van der Waals surface area contributed by atoms with Crippen molar-refractivity contribution < 1.29 is 23.8 Å². The molecule has 1 aromatic heterocycles. The summed E-state index contributed by atoms with van der Waals surface area (Å²) < 4.78 is 17.6. The summed E-state index contributed by atoms with van der Waals surface area (Å²) in [5.74, 6) is 0.780. The third kappa shape index (κ3) is 5.10. The van der Waals surface area contributed by atoms with Crippen molar-refractivity contribution in [2.45, 2.75) is 19.4 Å². The largest absolute Gasteiger partial charge is 0.493 e. The van der Waals surface area contributed by atoms with Gasteiger partial charge in [-0.15, -0.1) is 0 Å². The van der Waals surface area contributed by atoms with Crippen LogP contribution in [0.2, 0.25) is 0 Å². The van der Waals surface area contributed by atoms with Crippen LogP contribution in [0.3, 0.4) is 0 Å². The number of piperidine rings is 1. The number of rotatable bonds is 8. The summed E-state index contributed by atoms with van der Waals surface area (Å²) in [5.41, 5.74) is 0.807. The highest BCUT2D eigenvalue weighted by Crippen LogP contribution is 2.37. The molecule has 9 nitrogen and oxygen atoms in total. The molecule has 2 aromatic rings. The van der Waals surface area contributed by atoms with Crippen molar-refractivity contribution in [2.75, 3.05) is 46.3 Å². The van der Waals surface area contributed by atoms with Crippen molar-refractivity contribution in [3.8, 4) is 11.5 Å². The lowest BCUT2D eigenvalue weighted by Gasteiger charge is -2.32. The number of carbonyl (C=O) groups is 2. The molecule has 0 aliphatic carbocycles. The van der Waals surface area contributed by atoms with Gasteiger partial charge in [-0.1, -0.05) is 0 Å². The number of likely N-dealkylation sites (tertiary alicyclic amines) is 1. The van der Waals surface area contributed by atoms with Crippen LogP contribution in [0, 0.1) is 5.92 Å². The number of amides is 2. The van der Waals surface area contributed by atoms with E-state index in [9.17, 15) is 9.59 Å². The van der Waals surface area contributed by atoms with Crippen LogP contribution in [0.15, 0.2) is 30.6 Å². The smallest absolute Gasteiger partial charge is 0.254 e. The van der Waals surface area contributed by atoms with Crippen LogP contribution in [0.1, 0.15) is 23.2 Å². The minimum atomic E-state index is -0.345. The van der Waals surface area contributed by atoms with Crippen LogP contribution < -0.4 is 14.8 Å². The van der Waals surface area contributed by atoms with Gasteiger partial charge >= 0.3 is 0 Å². The van der Waals surface area contributed by atoms with E-state index in [4.69, 9.17) is 14.2 Å². The Balaban J connectivity index is 1.72. The van der Waals surface area contributed by atoms with E-state index in [1.165, 1.54) is 21.3 Å². The second kappa shape index (κ2) is 10.1. The van der Waals surface area contributed by atoms with E-state index < -0.39 is 0 Å². The Kier molecular flexibility index (Phi) is 7.29. The maximum atomic E-state index is 13.1. The number of benzene rings is 1. The van der Waals surface area contributed by atoms with Crippen molar-refractivity contribution in [3.05, 3.63) is 36.2 Å². The second-order valence-corrected chi connectivity index (χ2v) is 7.20. The number of ether oxygens (including phenoxy) is 3. The fraction of sp³-hybridized carbons (Fsp3) is 0.476. The number of carbonyl (C=O) groups excluding carboxylic acids is 2. The summed E-state index contributed by atoms with van der Waals surface area (Å²) in [4.78, 5) is 27.0. The third-order valence-corrected chi connectivity index (χ3v) is 5.18. The van der Waals surface area contributed by atoms with Gasteiger partial charge in [0.05, 0.1) is 19.9 Å². The van der Waals surface area contributed by atoms with Gasteiger partial charge in [0.15, 0.2) is 11.5 Å². The third-order valence-electron chi connectivity index (χ3n) is 5.18. The molecule has 162 valence electrons. The van der Waals surface area contributed by atoms with Gasteiger partial charge in [-0.2, -0.15) is 5.10 Å². The van der Waals surface area contributed by atoms with E-state index in [2.05, 4.69) is 10.4 Å². The predicted octanol–water partition coefficient (Wildman–Crippen LogP) is 2.04. The van der Waals surface area contributed by atoms with Crippen LogP contribution >= 0.6 is 0 Å². The van der Waals surface area contributed by atoms with Gasteiger partial charge in [0.25, 0.3) is 5.91 Å². The normalized spacial score (nSPS) is 14.4. The second-order valence-electron chi connectivity index (χ2n) is 7.20. The standard InChI is InChI=1S/C21H28N4O5/c1-28-14-19(26)23-17-11-16(12-18(29-2)20(17)30-3)21(27)24-9-5-15(6-10-24)13-25-8-4-7-22-25/h4,7-8,11-12,15H,5-6,9-10,13-14H2,1-3H3,(H,23,26). The van der Waals surface area contributed by atoms with Gasteiger partial charge in [-0.25, -0.2) is 0 Å². The van der Waals surface area contributed by atoms with E-state index in [-0.39, 0.29) is 18.4 Å². The molecule has 0 spiro atoms. The van der Waals surface area contributed by atoms with Crippen molar-refractivity contribution in [2.24, 2.45) is 5.92 Å². The number of methoxy groups -OCH3 is 3. The first-order chi connectivity index (χ1) is 14.5. The Bertz CT molecular complexity index is 861. The van der Waals surface area contributed by atoms with Crippen molar-refractivity contribution in [1.29, 1.82) is 0 Å².